The first-order chi connectivity index (χ1) is 4.20. The van der Waals surface area contributed by atoms with Crippen molar-refractivity contribution < 1.29 is 5.21 Å². The molecule has 1 unspecified atom stereocenters. The monoisotopic (exact) mass is 131 g/mol. The van der Waals surface area contributed by atoms with Crippen LogP contribution in [0.25, 0.3) is 0 Å². The van der Waals surface area contributed by atoms with Crippen molar-refractivity contribution in [3.63, 3.8) is 0 Å². The van der Waals surface area contributed by atoms with Gasteiger partial charge in [0.1, 0.15) is 5.84 Å². The number of nitrogens with two attached hydrogens (primary N) is 1. The molecule has 0 amide bonds. The fourth-order valence-corrected chi connectivity index (χ4v) is 0.457. The highest BCUT2D eigenvalue weighted by molar-refractivity contribution is 5.80. The normalized spacial score (nSPS) is 15.6. The highest BCUT2D eigenvalue weighted by Crippen LogP contribution is 1.87. The van der Waals surface area contributed by atoms with Gasteiger partial charge in [-0.2, -0.15) is 0 Å². The van der Waals surface area contributed by atoms with E-state index in [1.165, 1.54) is 0 Å². The zero-order valence-corrected chi connectivity index (χ0v) is 5.76. The third kappa shape index (κ3) is 3.78. The van der Waals surface area contributed by atoms with Gasteiger partial charge in [0, 0.05) is 12.5 Å². The van der Waals surface area contributed by atoms with Crippen LogP contribution in [0.2, 0.25) is 0 Å². The lowest BCUT2D eigenvalue weighted by molar-refractivity contribution is 0.316. The standard InChI is InChI=1S/C5H13N3O/c1-4(7-2)3-5(6)8-9/h4,7,9H,3H2,1-2H3,(H2,6,8). The average Bonchev–Trinajstić information content (AvgIpc) is 1.87. The average molecular weight is 131 g/mol. The Morgan fingerprint density at radius 3 is 2.78 bits per heavy atom. The molecule has 0 aromatic rings. The van der Waals surface area contributed by atoms with Gasteiger partial charge in [0.25, 0.3) is 0 Å². The molecule has 0 aliphatic carbocycles. The van der Waals surface area contributed by atoms with E-state index in [1.54, 1.807) is 0 Å². The summed E-state index contributed by atoms with van der Waals surface area (Å²) in [6, 6.07) is 0.265. The molecule has 1 atom stereocenters. The maximum absolute atomic E-state index is 8.11. The SMILES string of the molecule is CNC(C)C/C(N)=N/O. The van der Waals surface area contributed by atoms with E-state index in [4.69, 9.17) is 10.9 Å². The van der Waals surface area contributed by atoms with Crippen molar-refractivity contribution in [3.8, 4) is 0 Å². The molecule has 0 rings (SSSR count). The number of nitrogens with one attached hydrogen (secondary N) is 1. The predicted molar refractivity (Wildman–Crippen MR) is 36.5 cm³/mol. The summed E-state index contributed by atoms with van der Waals surface area (Å²) >= 11 is 0. The molecule has 0 radical (unpaired) electrons. The Labute approximate surface area is 54.7 Å². The fourth-order valence-electron chi connectivity index (χ4n) is 0.457. The molecule has 54 valence electrons. The molecule has 0 saturated carbocycles. The second kappa shape index (κ2) is 4.14. The molecule has 4 heteroatoms. The van der Waals surface area contributed by atoms with Crippen LogP contribution in [-0.2, 0) is 0 Å². The zero-order chi connectivity index (χ0) is 7.28. The lowest BCUT2D eigenvalue weighted by Gasteiger charge is -2.06. The maximum atomic E-state index is 8.11. The Hall–Kier alpha value is -0.770. The fraction of sp³-hybridized carbons (Fsp3) is 0.800. The molecule has 0 aromatic heterocycles. The lowest BCUT2D eigenvalue weighted by Crippen LogP contribution is -2.27. The molecule has 9 heavy (non-hydrogen) atoms. The van der Waals surface area contributed by atoms with Crippen molar-refractivity contribution >= 4 is 5.84 Å². The van der Waals surface area contributed by atoms with E-state index in [1.807, 2.05) is 14.0 Å². The number of rotatable bonds is 3. The van der Waals surface area contributed by atoms with E-state index in [0.717, 1.165) is 0 Å². The summed E-state index contributed by atoms with van der Waals surface area (Å²) in [6.07, 6.45) is 0.576. The quantitative estimate of drug-likeness (QED) is 0.214. The van der Waals surface area contributed by atoms with E-state index in [2.05, 4.69) is 10.5 Å². The smallest absolute Gasteiger partial charge is 0.140 e. The predicted octanol–water partition coefficient (Wildman–Crippen LogP) is -0.269. The van der Waals surface area contributed by atoms with Crippen LogP contribution in [0.15, 0.2) is 5.16 Å². The van der Waals surface area contributed by atoms with Gasteiger partial charge in [-0.3, -0.25) is 0 Å². The first kappa shape index (κ1) is 8.23. The molecule has 0 spiro atoms. The Morgan fingerprint density at radius 1 is 1.89 bits per heavy atom. The van der Waals surface area contributed by atoms with Crippen LogP contribution in [0.4, 0.5) is 0 Å². The van der Waals surface area contributed by atoms with E-state index in [0.29, 0.717) is 6.42 Å². The molecule has 4 N–H and O–H groups in total. The van der Waals surface area contributed by atoms with Gasteiger partial charge in [0.15, 0.2) is 0 Å². The van der Waals surface area contributed by atoms with Gasteiger partial charge >= 0.3 is 0 Å². The molecule has 0 bridgehead atoms. The first-order valence-corrected chi connectivity index (χ1v) is 2.84. The largest absolute Gasteiger partial charge is 0.409 e. The summed E-state index contributed by atoms with van der Waals surface area (Å²) in [7, 11) is 1.83. The number of nitrogens with zero attached hydrogens (tertiary/aromatic N) is 1. The summed E-state index contributed by atoms with van der Waals surface area (Å²) in [5.41, 5.74) is 5.21. The van der Waals surface area contributed by atoms with Crippen LogP contribution in [0.1, 0.15) is 13.3 Å². The summed E-state index contributed by atoms with van der Waals surface area (Å²) < 4.78 is 0. The van der Waals surface area contributed by atoms with Crippen LogP contribution < -0.4 is 11.1 Å². The van der Waals surface area contributed by atoms with Crippen molar-refractivity contribution in [1.29, 1.82) is 0 Å². The third-order valence-electron chi connectivity index (χ3n) is 1.14. The first-order valence-electron chi connectivity index (χ1n) is 2.84. The Balaban J connectivity index is 3.47. The van der Waals surface area contributed by atoms with Crippen LogP contribution >= 0.6 is 0 Å². The van der Waals surface area contributed by atoms with Crippen molar-refractivity contribution in [3.05, 3.63) is 0 Å². The third-order valence-corrected chi connectivity index (χ3v) is 1.14. The van der Waals surface area contributed by atoms with Gasteiger partial charge in [-0.1, -0.05) is 5.16 Å². The zero-order valence-electron chi connectivity index (χ0n) is 5.76. The molecule has 4 nitrogen and oxygen atoms in total. The molecule has 0 saturated heterocycles. The van der Waals surface area contributed by atoms with Gasteiger partial charge in [0.05, 0.1) is 0 Å². The highest BCUT2D eigenvalue weighted by Gasteiger charge is 1.99. The Morgan fingerprint density at radius 2 is 2.44 bits per heavy atom. The minimum absolute atomic E-state index is 0.261. The van der Waals surface area contributed by atoms with Crippen molar-refractivity contribution in [2.45, 2.75) is 19.4 Å². The van der Waals surface area contributed by atoms with Gasteiger partial charge in [0.2, 0.25) is 0 Å². The van der Waals surface area contributed by atoms with Gasteiger partial charge < -0.3 is 16.3 Å². The van der Waals surface area contributed by atoms with Crippen LogP contribution in [-0.4, -0.2) is 24.1 Å². The number of hydrogen-bond acceptors (Lipinski definition) is 3. The Kier molecular flexibility index (Phi) is 3.79. The number of amidine groups is 1. The summed E-state index contributed by atoms with van der Waals surface area (Å²) in [5.74, 6) is 0.261. The second-order valence-corrected chi connectivity index (χ2v) is 1.99. The van der Waals surface area contributed by atoms with Gasteiger partial charge in [-0.15, -0.1) is 0 Å². The van der Waals surface area contributed by atoms with E-state index >= 15 is 0 Å². The topological polar surface area (TPSA) is 70.6 Å². The van der Waals surface area contributed by atoms with Crippen molar-refractivity contribution in [2.75, 3.05) is 7.05 Å². The van der Waals surface area contributed by atoms with Crippen molar-refractivity contribution in [1.82, 2.24) is 5.32 Å². The van der Waals surface area contributed by atoms with Crippen molar-refractivity contribution in [2.24, 2.45) is 10.9 Å². The minimum Gasteiger partial charge on any atom is -0.409 e. The molecule has 0 fully saturated rings. The Bertz CT molecular complexity index is 102. The van der Waals surface area contributed by atoms with Gasteiger partial charge in [-0.25, -0.2) is 0 Å². The molecule has 0 heterocycles. The summed E-state index contributed by atoms with van der Waals surface area (Å²) in [6.45, 7) is 1.96. The summed E-state index contributed by atoms with van der Waals surface area (Å²) in [5, 5.41) is 13.9. The second-order valence-electron chi connectivity index (χ2n) is 1.99. The van der Waals surface area contributed by atoms with E-state index < -0.39 is 0 Å². The molecular formula is C5H13N3O. The number of oxime groups is 1. The van der Waals surface area contributed by atoms with Crippen LogP contribution in [0.3, 0.4) is 0 Å². The molecular weight excluding hydrogens is 118 g/mol. The van der Waals surface area contributed by atoms with Gasteiger partial charge in [-0.05, 0) is 14.0 Å². The minimum atomic E-state index is 0.261. The maximum Gasteiger partial charge on any atom is 0.140 e. The van der Waals surface area contributed by atoms with E-state index in [9.17, 15) is 0 Å². The summed E-state index contributed by atoms with van der Waals surface area (Å²) in [4.78, 5) is 0. The molecule has 0 aromatic carbocycles. The van der Waals surface area contributed by atoms with E-state index in [-0.39, 0.29) is 11.9 Å². The molecule has 0 aliphatic heterocycles. The van der Waals surface area contributed by atoms with Crippen LogP contribution in [0.5, 0.6) is 0 Å². The lowest BCUT2D eigenvalue weighted by atomic mass is 10.2. The number of hydrogen-bond donors (Lipinski definition) is 3. The highest BCUT2D eigenvalue weighted by atomic mass is 16.4. The molecule has 0 aliphatic rings. The van der Waals surface area contributed by atoms with Crippen LogP contribution in [0, 0.1) is 0 Å².